The fourth-order valence-electron chi connectivity index (χ4n) is 4.32. The van der Waals surface area contributed by atoms with Gasteiger partial charge in [-0.15, -0.1) is 0 Å². The zero-order valence-corrected chi connectivity index (χ0v) is 20.1. The number of rotatable bonds is 12. The maximum atomic E-state index is 11.4. The number of hydrogen-bond donors (Lipinski definition) is 0. The van der Waals surface area contributed by atoms with Crippen LogP contribution in [0.1, 0.15) is 58.8 Å². The summed E-state index contributed by atoms with van der Waals surface area (Å²) in [5.74, 6) is 2.27. The monoisotopic (exact) mass is 436 g/mol. The van der Waals surface area contributed by atoms with Gasteiger partial charge in [-0.05, 0) is 43.4 Å². The van der Waals surface area contributed by atoms with Gasteiger partial charge in [0.05, 0.1) is 0 Å². The molecule has 0 radical (unpaired) electrons. The number of carbonyl (C=O) groups is 2. The van der Waals surface area contributed by atoms with Gasteiger partial charge < -0.3 is 13.3 Å². The SMILES string of the molecule is CO[Si](CCC1CCCCC1(CCSC(C)=O)CCSC(C)=O)(OC)OC. The van der Waals surface area contributed by atoms with Crippen LogP contribution in [0.5, 0.6) is 0 Å². The lowest BCUT2D eigenvalue weighted by atomic mass is 9.62. The molecule has 1 saturated carbocycles. The lowest BCUT2D eigenvalue weighted by Crippen LogP contribution is -2.44. The maximum absolute atomic E-state index is 11.4. The van der Waals surface area contributed by atoms with Crippen LogP contribution in [0.25, 0.3) is 0 Å². The average molecular weight is 437 g/mol. The van der Waals surface area contributed by atoms with Crippen LogP contribution in [0.2, 0.25) is 6.04 Å². The molecule has 1 aliphatic carbocycles. The number of thioether (sulfide) groups is 2. The third kappa shape index (κ3) is 8.18. The second-order valence-corrected chi connectivity index (χ2v) is 13.0. The molecule has 0 heterocycles. The molecule has 0 bridgehead atoms. The van der Waals surface area contributed by atoms with E-state index in [4.69, 9.17) is 13.3 Å². The van der Waals surface area contributed by atoms with Gasteiger partial charge >= 0.3 is 8.80 Å². The van der Waals surface area contributed by atoms with Crippen molar-refractivity contribution in [2.24, 2.45) is 11.3 Å². The van der Waals surface area contributed by atoms with Crippen molar-refractivity contribution in [1.82, 2.24) is 0 Å². The Morgan fingerprint density at radius 2 is 1.48 bits per heavy atom. The number of carbonyl (C=O) groups excluding carboxylic acids is 2. The normalized spacial score (nSPS) is 19.8. The van der Waals surface area contributed by atoms with E-state index in [2.05, 4.69) is 0 Å². The summed E-state index contributed by atoms with van der Waals surface area (Å²) in [4.78, 5) is 22.8. The van der Waals surface area contributed by atoms with Gasteiger partial charge in [0.1, 0.15) is 0 Å². The predicted molar refractivity (Wildman–Crippen MR) is 116 cm³/mol. The Bertz CT molecular complexity index is 443. The van der Waals surface area contributed by atoms with E-state index in [1.807, 2.05) is 0 Å². The molecule has 0 saturated heterocycles. The largest absolute Gasteiger partial charge is 0.500 e. The van der Waals surface area contributed by atoms with Gasteiger partial charge in [0, 0.05) is 52.7 Å². The molecular weight excluding hydrogens is 400 g/mol. The first-order valence-corrected chi connectivity index (χ1v) is 13.7. The Morgan fingerprint density at radius 3 is 1.93 bits per heavy atom. The van der Waals surface area contributed by atoms with E-state index in [0.717, 1.165) is 36.8 Å². The van der Waals surface area contributed by atoms with Gasteiger partial charge in [-0.2, -0.15) is 0 Å². The first-order valence-electron chi connectivity index (χ1n) is 9.75. The molecule has 1 unspecified atom stereocenters. The maximum Gasteiger partial charge on any atom is 0.500 e. The predicted octanol–water partition coefficient (Wildman–Crippen LogP) is 4.77. The van der Waals surface area contributed by atoms with E-state index in [1.54, 1.807) is 35.2 Å². The summed E-state index contributed by atoms with van der Waals surface area (Å²) in [7, 11) is 2.42. The van der Waals surface area contributed by atoms with Crippen molar-refractivity contribution in [2.45, 2.75) is 64.8 Å². The molecule has 8 heteroatoms. The van der Waals surface area contributed by atoms with Crippen LogP contribution in [0, 0.1) is 11.3 Å². The quantitative estimate of drug-likeness (QED) is 0.408. The summed E-state index contributed by atoms with van der Waals surface area (Å²) in [6.45, 7) is 3.27. The molecule has 0 aromatic rings. The Labute approximate surface area is 174 Å². The summed E-state index contributed by atoms with van der Waals surface area (Å²) < 4.78 is 16.9. The lowest BCUT2D eigenvalue weighted by molar-refractivity contribution is -0.109. The average Bonchev–Trinajstić information content (AvgIpc) is 2.64. The second-order valence-electron chi connectivity index (χ2n) is 7.32. The molecule has 0 aromatic heterocycles. The summed E-state index contributed by atoms with van der Waals surface area (Å²) in [6, 6.07) is 0.808. The Kier molecular flexibility index (Phi) is 11.8. The minimum atomic E-state index is -2.58. The molecular formula is C19H36O5S2Si. The first kappa shape index (κ1) is 25.2. The van der Waals surface area contributed by atoms with Gasteiger partial charge in [0.15, 0.2) is 10.2 Å². The highest BCUT2D eigenvalue weighted by Crippen LogP contribution is 2.50. The molecule has 27 heavy (non-hydrogen) atoms. The molecule has 5 nitrogen and oxygen atoms in total. The van der Waals surface area contributed by atoms with E-state index in [9.17, 15) is 9.59 Å². The second kappa shape index (κ2) is 12.6. The Morgan fingerprint density at radius 1 is 0.963 bits per heavy atom. The van der Waals surface area contributed by atoms with E-state index >= 15 is 0 Å². The van der Waals surface area contributed by atoms with Crippen LogP contribution < -0.4 is 0 Å². The summed E-state index contributed by atoms with van der Waals surface area (Å²) >= 11 is 2.85. The van der Waals surface area contributed by atoms with E-state index in [0.29, 0.717) is 5.92 Å². The van der Waals surface area contributed by atoms with Crippen molar-refractivity contribution in [3.05, 3.63) is 0 Å². The number of hydrogen-bond acceptors (Lipinski definition) is 7. The van der Waals surface area contributed by atoms with Gasteiger partial charge in [-0.25, -0.2) is 0 Å². The highest BCUT2D eigenvalue weighted by atomic mass is 32.2. The van der Waals surface area contributed by atoms with Crippen molar-refractivity contribution in [3.63, 3.8) is 0 Å². The first-order chi connectivity index (χ1) is 12.8. The van der Waals surface area contributed by atoms with Crippen LogP contribution in [0.3, 0.4) is 0 Å². The fraction of sp³-hybridized carbons (Fsp3) is 0.895. The van der Waals surface area contributed by atoms with Crippen LogP contribution in [-0.4, -0.2) is 51.9 Å². The summed E-state index contributed by atoms with van der Waals surface area (Å²) in [5, 5.41) is 0.361. The van der Waals surface area contributed by atoms with Crippen molar-refractivity contribution in [3.8, 4) is 0 Å². The minimum absolute atomic E-state index is 0.181. The standard InChI is InChI=1S/C19H36O5S2Si/c1-16(20)25-13-11-19(12-14-26-17(2)21)10-7-6-8-18(19)9-15-27(22-3,23-4)24-5/h18H,6-15H2,1-5H3. The van der Waals surface area contributed by atoms with E-state index in [1.165, 1.54) is 49.2 Å². The van der Waals surface area contributed by atoms with Crippen LogP contribution in [0.4, 0.5) is 0 Å². The van der Waals surface area contributed by atoms with Gasteiger partial charge in [0.2, 0.25) is 0 Å². The Hall–Kier alpha value is 0.137. The van der Waals surface area contributed by atoms with Gasteiger partial charge in [-0.3, -0.25) is 9.59 Å². The highest BCUT2D eigenvalue weighted by Gasteiger charge is 2.44. The van der Waals surface area contributed by atoms with Gasteiger partial charge in [0.25, 0.3) is 0 Å². The zero-order valence-electron chi connectivity index (χ0n) is 17.5. The molecule has 158 valence electrons. The molecule has 1 aliphatic rings. The summed E-state index contributed by atoms with van der Waals surface area (Å²) in [5.41, 5.74) is 0.193. The third-order valence-electron chi connectivity index (χ3n) is 5.89. The van der Waals surface area contributed by atoms with Crippen LogP contribution in [0.15, 0.2) is 0 Å². The molecule has 1 rings (SSSR count). The van der Waals surface area contributed by atoms with Crippen molar-refractivity contribution in [1.29, 1.82) is 0 Å². The van der Waals surface area contributed by atoms with E-state index in [-0.39, 0.29) is 15.6 Å². The van der Waals surface area contributed by atoms with Crippen LogP contribution in [-0.2, 0) is 22.9 Å². The van der Waals surface area contributed by atoms with Crippen LogP contribution >= 0.6 is 23.5 Å². The molecule has 0 aliphatic heterocycles. The topological polar surface area (TPSA) is 61.8 Å². The molecule has 0 aromatic carbocycles. The van der Waals surface area contributed by atoms with Gasteiger partial charge in [-0.1, -0.05) is 36.4 Å². The van der Waals surface area contributed by atoms with E-state index < -0.39 is 8.80 Å². The summed E-state index contributed by atoms with van der Waals surface area (Å²) in [6.07, 6.45) is 7.91. The molecule has 1 fully saturated rings. The Balaban J connectivity index is 2.88. The fourth-order valence-corrected chi connectivity index (χ4v) is 7.72. The lowest BCUT2D eigenvalue weighted by Gasteiger charge is -2.45. The van der Waals surface area contributed by atoms with Crippen molar-refractivity contribution >= 4 is 42.6 Å². The molecule has 0 amide bonds. The van der Waals surface area contributed by atoms with Crippen molar-refractivity contribution < 1.29 is 22.9 Å². The molecule has 0 N–H and O–H groups in total. The van der Waals surface area contributed by atoms with Crippen molar-refractivity contribution in [2.75, 3.05) is 32.8 Å². The zero-order chi connectivity index (χ0) is 20.3. The molecule has 1 atom stereocenters. The third-order valence-corrected chi connectivity index (χ3v) is 10.3. The molecule has 0 spiro atoms. The highest BCUT2D eigenvalue weighted by molar-refractivity contribution is 8.13. The minimum Gasteiger partial charge on any atom is -0.377 e. The smallest absolute Gasteiger partial charge is 0.377 e.